The molecule has 0 saturated heterocycles. The highest BCUT2D eigenvalue weighted by Crippen LogP contribution is 2.01. The van der Waals surface area contributed by atoms with E-state index >= 15 is 0 Å². The molecule has 9 heteroatoms. The summed E-state index contributed by atoms with van der Waals surface area (Å²) in [4.78, 5) is 26.1. The molecule has 0 aliphatic heterocycles. The molecule has 1 aromatic rings. The van der Waals surface area contributed by atoms with E-state index in [1.54, 1.807) is 0 Å². The molecule has 0 aromatic carbocycles. The van der Waals surface area contributed by atoms with Crippen LogP contribution in [-0.2, 0) is 4.79 Å². The Bertz CT molecular complexity index is 402. The molecule has 0 unspecified atom stereocenters. The number of amides is 2. The number of aromatic nitrogens is 3. The van der Waals surface area contributed by atoms with Crippen molar-refractivity contribution >= 4 is 29.7 Å². The number of thioether (sulfide) groups is 1. The molecule has 3 N–H and O–H groups in total. The zero-order valence-electron chi connectivity index (χ0n) is 9.66. The van der Waals surface area contributed by atoms with Crippen molar-refractivity contribution in [2.24, 2.45) is 0 Å². The topological polar surface area (TPSA) is 117 Å². The van der Waals surface area contributed by atoms with Crippen LogP contribution >= 0.6 is 11.8 Å². The predicted molar refractivity (Wildman–Crippen MR) is 66.4 cm³/mol. The first-order valence-electron chi connectivity index (χ1n) is 5.06. The Morgan fingerprint density at radius 1 is 1.50 bits per heavy atom. The van der Waals surface area contributed by atoms with Gasteiger partial charge in [0.05, 0.1) is 12.4 Å². The van der Waals surface area contributed by atoms with Crippen LogP contribution in [0.3, 0.4) is 0 Å². The number of carboxylic acids is 1. The summed E-state index contributed by atoms with van der Waals surface area (Å²) in [6.45, 7) is 0. The molecule has 0 aliphatic rings. The van der Waals surface area contributed by atoms with Crippen LogP contribution in [0.25, 0.3) is 0 Å². The monoisotopic (exact) mass is 271 g/mol. The summed E-state index contributed by atoms with van der Waals surface area (Å²) in [6.07, 6.45) is 4.94. The van der Waals surface area contributed by atoms with Gasteiger partial charge in [0.1, 0.15) is 6.04 Å². The molecule has 0 saturated carbocycles. The largest absolute Gasteiger partial charge is 0.480 e. The van der Waals surface area contributed by atoms with Crippen LogP contribution in [0.2, 0.25) is 0 Å². The number of carbonyl (C=O) groups is 2. The summed E-state index contributed by atoms with van der Waals surface area (Å²) < 4.78 is 0. The van der Waals surface area contributed by atoms with Gasteiger partial charge in [0.25, 0.3) is 5.95 Å². The number of carbonyl (C=O) groups excluding carboxylic acids is 1. The lowest BCUT2D eigenvalue weighted by molar-refractivity contribution is -0.139. The zero-order valence-corrected chi connectivity index (χ0v) is 10.5. The number of carboxylic acid groups (broad SMARTS) is 1. The first-order valence-corrected chi connectivity index (χ1v) is 6.46. The lowest BCUT2D eigenvalue weighted by Gasteiger charge is -2.13. The van der Waals surface area contributed by atoms with Gasteiger partial charge in [-0.05, 0) is 18.4 Å². The Hall–Kier alpha value is -1.90. The normalized spacial score (nSPS) is 11.6. The fourth-order valence-electron chi connectivity index (χ4n) is 1.09. The van der Waals surface area contributed by atoms with Crippen LogP contribution in [0.4, 0.5) is 10.7 Å². The summed E-state index contributed by atoms with van der Waals surface area (Å²) >= 11 is 1.51. The number of anilines is 1. The lowest BCUT2D eigenvalue weighted by Crippen LogP contribution is -2.43. The minimum atomic E-state index is -1.08. The van der Waals surface area contributed by atoms with Gasteiger partial charge in [-0.15, -0.1) is 5.10 Å². The van der Waals surface area contributed by atoms with Crippen LogP contribution in [0.15, 0.2) is 12.4 Å². The fraction of sp³-hybridized carbons (Fsp3) is 0.444. The van der Waals surface area contributed by atoms with Gasteiger partial charge in [-0.1, -0.05) is 0 Å². The van der Waals surface area contributed by atoms with E-state index in [1.165, 1.54) is 24.2 Å². The Kier molecular flexibility index (Phi) is 5.85. The van der Waals surface area contributed by atoms with E-state index in [2.05, 4.69) is 25.8 Å². The zero-order chi connectivity index (χ0) is 13.4. The van der Waals surface area contributed by atoms with E-state index in [0.717, 1.165) is 0 Å². The summed E-state index contributed by atoms with van der Waals surface area (Å²) in [5, 5.41) is 20.6. The minimum absolute atomic E-state index is 0.0176. The third kappa shape index (κ3) is 4.95. The van der Waals surface area contributed by atoms with Gasteiger partial charge in [-0.3, -0.25) is 5.32 Å². The average molecular weight is 271 g/mol. The van der Waals surface area contributed by atoms with Crippen molar-refractivity contribution in [1.29, 1.82) is 0 Å². The molecule has 2 amide bonds. The number of hydrogen-bond acceptors (Lipinski definition) is 6. The summed E-state index contributed by atoms with van der Waals surface area (Å²) in [7, 11) is 0. The second-order valence-corrected chi connectivity index (χ2v) is 4.22. The summed E-state index contributed by atoms with van der Waals surface area (Å²) in [5.74, 6) is -0.420. The number of hydrogen-bond donors (Lipinski definition) is 3. The van der Waals surface area contributed by atoms with Crippen LogP contribution in [0.5, 0.6) is 0 Å². The molecule has 0 aliphatic carbocycles. The van der Waals surface area contributed by atoms with E-state index < -0.39 is 18.0 Å². The van der Waals surface area contributed by atoms with Gasteiger partial charge >= 0.3 is 12.0 Å². The van der Waals surface area contributed by atoms with E-state index in [-0.39, 0.29) is 5.95 Å². The molecule has 1 rings (SSSR count). The lowest BCUT2D eigenvalue weighted by atomic mass is 10.2. The van der Waals surface area contributed by atoms with Crippen molar-refractivity contribution < 1.29 is 14.7 Å². The van der Waals surface area contributed by atoms with Gasteiger partial charge in [0.15, 0.2) is 0 Å². The highest BCUT2D eigenvalue weighted by molar-refractivity contribution is 7.98. The SMILES string of the molecule is CSCC[C@H](NC(=O)Nc1nccnn1)C(=O)O. The first-order chi connectivity index (χ1) is 8.63. The minimum Gasteiger partial charge on any atom is -0.480 e. The molecule has 8 nitrogen and oxygen atoms in total. The molecule has 0 bridgehead atoms. The third-order valence-electron chi connectivity index (χ3n) is 1.92. The maximum Gasteiger partial charge on any atom is 0.326 e. The van der Waals surface area contributed by atoms with Gasteiger partial charge in [-0.25, -0.2) is 14.6 Å². The van der Waals surface area contributed by atoms with E-state index in [9.17, 15) is 9.59 Å². The van der Waals surface area contributed by atoms with Crippen LogP contribution in [0, 0.1) is 0 Å². The van der Waals surface area contributed by atoms with E-state index in [0.29, 0.717) is 12.2 Å². The molecule has 1 heterocycles. The van der Waals surface area contributed by atoms with Crippen molar-refractivity contribution in [3.05, 3.63) is 12.4 Å². The van der Waals surface area contributed by atoms with Crippen molar-refractivity contribution in [1.82, 2.24) is 20.5 Å². The number of aliphatic carboxylic acids is 1. The van der Waals surface area contributed by atoms with Gasteiger partial charge in [0, 0.05) is 0 Å². The molecule has 98 valence electrons. The highest BCUT2D eigenvalue weighted by Gasteiger charge is 2.19. The van der Waals surface area contributed by atoms with Crippen LogP contribution < -0.4 is 10.6 Å². The molecule has 0 radical (unpaired) electrons. The Labute approximate surface area is 108 Å². The first kappa shape index (κ1) is 14.2. The van der Waals surface area contributed by atoms with Crippen molar-refractivity contribution in [3.8, 4) is 0 Å². The quantitative estimate of drug-likeness (QED) is 0.676. The second kappa shape index (κ2) is 7.43. The van der Waals surface area contributed by atoms with Crippen molar-refractivity contribution in [2.45, 2.75) is 12.5 Å². The van der Waals surface area contributed by atoms with Crippen LogP contribution in [0.1, 0.15) is 6.42 Å². The molecule has 0 spiro atoms. The summed E-state index contributed by atoms with van der Waals surface area (Å²) in [5.41, 5.74) is 0. The summed E-state index contributed by atoms with van der Waals surface area (Å²) in [6, 6.07) is -1.61. The molecule has 0 fully saturated rings. The number of rotatable bonds is 6. The van der Waals surface area contributed by atoms with E-state index in [4.69, 9.17) is 5.11 Å². The Morgan fingerprint density at radius 2 is 2.28 bits per heavy atom. The Balaban J connectivity index is 2.48. The van der Waals surface area contributed by atoms with Gasteiger partial charge in [0.2, 0.25) is 0 Å². The smallest absolute Gasteiger partial charge is 0.326 e. The molecule has 1 aromatic heterocycles. The second-order valence-electron chi connectivity index (χ2n) is 3.24. The number of urea groups is 1. The molecule has 18 heavy (non-hydrogen) atoms. The average Bonchev–Trinajstić information content (AvgIpc) is 2.35. The van der Waals surface area contributed by atoms with Crippen LogP contribution in [-0.4, -0.2) is 50.3 Å². The molecule has 1 atom stereocenters. The number of nitrogens with zero attached hydrogens (tertiary/aromatic N) is 3. The number of nitrogens with one attached hydrogen (secondary N) is 2. The van der Waals surface area contributed by atoms with Crippen molar-refractivity contribution in [2.75, 3.05) is 17.3 Å². The maximum absolute atomic E-state index is 11.5. The highest BCUT2D eigenvalue weighted by atomic mass is 32.2. The van der Waals surface area contributed by atoms with Gasteiger partial charge < -0.3 is 10.4 Å². The van der Waals surface area contributed by atoms with Gasteiger partial charge in [-0.2, -0.15) is 16.9 Å². The van der Waals surface area contributed by atoms with E-state index in [1.807, 2.05) is 6.26 Å². The third-order valence-corrected chi connectivity index (χ3v) is 2.57. The Morgan fingerprint density at radius 3 is 2.83 bits per heavy atom. The maximum atomic E-state index is 11.5. The molecular weight excluding hydrogens is 258 g/mol. The fourth-order valence-corrected chi connectivity index (χ4v) is 1.57. The standard InChI is InChI=1S/C9H13N5O3S/c1-18-5-2-6(7(15)16)12-9(17)13-8-10-3-4-11-14-8/h3-4,6H,2,5H2,1H3,(H,15,16)(H2,10,12,13,14,17)/t6-/m0/s1. The predicted octanol–water partition coefficient (Wildman–Crippen LogP) is 0.199. The molecular formula is C9H13N5O3S. The van der Waals surface area contributed by atoms with Crippen molar-refractivity contribution in [3.63, 3.8) is 0 Å².